The maximum atomic E-state index is 12.8. The highest BCUT2D eigenvalue weighted by Crippen LogP contribution is 2.33. The molecule has 20 heavy (non-hydrogen) atoms. The fraction of sp³-hybridized carbons (Fsp3) is 0.400. The Labute approximate surface area is 116 Å². The van der Waals surface area contributed by atoms with Gasteiger partial charge < -0.3 is 5.32 Å². The highest BCUT2D eigenvalue weighted by molar-refractivity contribution is 5.92. The topological polar surface area (TPSA) is 24.9 Å². The van der Waals surface area contributed by atoms with E-state index in [2.05, 4.69) is 17.2 Å². The van der Waals surface area contributed by atoms with Crippen LogP contribution in [0.4, 0.5) is 18.9 Å². The lowest BCUT2D eigenvalue weighted by Crippen LogP contribution is -2.10. The Balaban J connectivity index is 2.61. The van der Waals surface area contributed by atoms with E-state index in [0.717, 1.165) is 29.9 Å². The molecule has 0 aliphatic carbocycles. The summed E-state index contributed by atoms with van der Waals surface area (Å²) in [5.41, 5.74) is 1.11. The van der Waals surface area contributed by atoms with Crippen LogP contribution in [0.15, 0.2) is 24.3 Å². The van der Waals surface area contributed by atoms with Crippen LogP contribution >= 0.6 is 0 Å². The minimum absolute atomic E-state index is 0.371. The van der Waals surface area contributed by atoms with Gasteiger partial charge in [0.05, 0.1) is 5.52 Å². The Hall–Kier alpha value is -1.78. The standard InChI is InChI=1S/C15H17F3N2/c1-3-5-10-6-7-12-11(8-10)13(19-4-2)9-14(20-12)15(16,17)18/h6-9H,3-5H2,1-2H3,(H,19,20). The van der Waals surface area contributed by atoms with Crippen LogP contribution in [0.25, 0.3) is 10.9 Å². The summed E-state index contributed by atoms with van der Waals surface area (Å²) in [4.78, 5) is 3.73. The summed E-state index contributed by atoms with van der Waals surface area (Å²) in [6, 6.07) is 6.51. The molecule has 5 heteroatoms. The molecule has 0 amide bonds. The molecule has 0 spiro atoms. The molecule has 1 N–H and O–H groups in total. The average molecular weight is 282 g/mol. The van der Waals surface area contributed by atoms with Gasteiger partial charge in [-0.3, -0.25) is 0 Å². The first-order chi connectivity index (χ1) is 9.45. The molecule has 2 aromatic rings. The number of alkyl halides is 3. The molecule has 2 nitrogen and oxygen atoms in total. The van der Waals surface area contributed by atoms with Crippen molar-refractivity contribution in [3.05, 3.63) is 35.5 Å². The fourth-order valence-electron chi connectivity index (χ4n) is 2.20. The number of aromatic nitrogens is 1. The van der Waals surface area contributed by atoms with Gasteiger partial charge in [-0.05, 0) is 37.1 Å². The molecule has 1 aromatic heterocycles. The van der Waals surface area contributed by atoms with Gasteiger partial charge >= 0.3 is 6.18 Å². The Bertz CT molecular complexity index is 606. The number of nitrogens with zero attached hydrogens (tertiary/aromatic N) is 1. The predicted molar refractivity (Wildman–Crippen MR) is 74.9 cm³/mol. The van der Waals surface area contributed by atoms with Gasteiger partial charge in [0.2, 0.25) is 0 Å². The molecule has 1 aromatic carbocycles. The van der Waals surface area contributed by atoms with E-state index in [-0.39, 0.29) is 0 Å². The Kier molecular flexibility index (Phi) is 4.16. The van der Waals surface area contributed by atoms with Crippen molar-refractivity contribution in [2.24, 2.45) is 0 Å². The third-order valence-corrected chi connectivity index (χ3v) is 3.07. The van der Waals surface area contributed by atoms with Crippen molar-refractivity contribution in [2.75, 3.05) is 11.9 Å². The molecule has 0 atom stereocenters. The summed E-state index contributed by atoms with van der Waals surface area (Å²) < 4.78 is 38.5. The number of nitrogens with one attached hydrogen (secondary N) is 1. The molecule has 2 rings (SSSR count). The first-order valence-electron chi connectivity index (χ1n) is 6.70. The molecule has 0 fully saturated rings. The third kappa shape index (κ3) is 3.03. The molecule has 0 aliphatic rings. The lowest BCUT2D eigenvalue weighted by molar-refractivity contribution is -0.140. The molecule has 1 heterocycles. The van der Waals surface area contributed by atoms with Crippen molar-refractivity contribution >= 4 is 16.6 Å². The molecule has 0 bridgehead atoms. The summed E-state index contributed by atoms with van der Waals surface area (Å²) in [5, 5.41) is 3.73. The van der Waals surface area contributed by atoms with E-state index < -0.39 is 11.9 Å². The molecule has 0 unspecified atom stereocenters. The number of halogens is 3. The average Bonchev–Trinajstić information content (AvgIpc) is 2.38. The summed E-state index contributed by atoms with van der Waals surface area (Å²) in [6.45, 7) is 4.49. The number of rotatable bonds is 4. The Morgan fingerprint density at radius 1 is 1.15 bits per heavy atom. The van der Waals surface area contributed by atoms with Crippen molar-refractivity contribution in [2.45, 2.75) is 32.9 Å². The van der Waals surface area contributed by atoms with Gasteiger partial charge in [0.1, 0.15) is 5.69 Å². The number of hydrogen-bond donors (Lipinski definition) is 1. The van der Waals surface area contributed by atoms with Crippen molar-refractivity contribution in [1.82, 2.24) is 4.98 Å². The van der Waals surface area contributed by atoms with Crippen LogP contribution in [0.5, 0.6) is 0 Å². The van der Waals surface area contributed by atoms with Crippen molar-refractivity contribution in [3.8, 4) is 0 Å². The first kappa shape index (κ1) is 14.6. The van der Waals surface area contributed by atoms with Crippen molar-refractivity contribution in [3.63, 3.8) is 0 Å². The van der Waals surface area contributed by atoms with E-state index in [0.29, 0.717) is 17.7 Å². The zero-order valence-electron chi connectivity index (χ0n) is 11.5. The highest BCUT2D eigenvalue weighted by Gasteiger charge is 2.33. The summed E-state index contributed by atoms with van der Waals surface area (Å²) in [5.74, 6) is 0. The zero-order valence-corrected chi connectivity index (χ0v) is 11.5. The monoisotopic (exact) mass is 282 g/mol. The summed E-state index contributed by atoms with van der Waals surface area (Å²) in [6.07, 6.45) is -2.53. The van der Waals surface area contributed by atoms with E-state index in [9.17, 15) is 13.2 Å². The SMILES string of the molecule is CCCc1ccc2nc(C(F)(F)F)cc(NCC)c2c1. The van der Waals surface area contributed by atoms with E-state index >= 15 is 0 Å². The lowest BCUT2D eigenvalue weighted by atomic mass is 10.1. The summed E-state index contributed by atoms with van der Waals surface area (Å²) >= 11 is 0. The molecule has 0 radical (unpaired) electrons. The van der Waals surface area contributed by atoms with Crippen molar-refractivity contribution in [1.29, 1.82) is 0 Å². The van der Waals surface area contributed by atoms with Crippen LogP contribution in [-0.4, -0.2) is 11.5 Å². The molecular weight excluding hydrogens is 265 g/mol. The van der Waals surface area contributed by atoms with Crippen LogP contribution in [0.1, 0.15) is 31.5 Å². The van der Waals surface area contributed by atoms with Crippen LogP contribution in [0, 0.1) is 0 Å². The van der Waals surface area contributed by atoms with E-state index in [1.165, 1.54) is 0 Å². The number of hydrogen-bond acceptors (Lipinski definition) is 2. The second-order valence-corrected chi connectivity index (χ2v) is 4.68. The van der Waals surface area contributed by atoms with E-state index in [1.807, 2.05) is 19.1 Å². The largest absolute Gasteiger partial charge is 0.433 e. The molecule has 0 aliphatic heterocycles. The highest BCUT2D eigenvalue weighted by atomic mass is 19.4. The van der Waals surface area contributed by atoms with Gasteiger partial charge in [-0.1, -0.05) is 19.4 Å². The van der Waals surface area contributed by atoms with Gasteiger partial charge in [0, 0.05) is 17.6 Å². The second-order valence-electron chi connectivity index (χ2n) is 4.68. The van der Waals surface area contributed by atoms with Crippen LogP contribution in [-0.2, 0) is 12.6 Å². The quantitative estimate of drug-likeness (QED) is 0.883. The number of benzene rings is 1. The number of anilines is 1. The number of pyridine rings is 1. The number of aryl methyl sites for hydroxylation is 1. The van der Waals surface area contributed by atoms with E-state index in [1.54, 1.807) is 6.07 Å². The van der Waals surface area contributed by atoms with Gasteiger partial charge in [-0.2, -0.15) is 13.2 Å². The van der Waals surface area contributed by atoms with Gasteiger partial charge in [0.25, 0.3) is 0 Å². The van der Waals surface area contributed by atoms with Gasteiger partial charge in [-0.25, -0.2) is 4.98 Å². The number of fused-ring (bicyclic) bond motifs is 1. The molecular formula is C15H17F3N2. The van der Waals surface area contributed by atoms with Crippen LogP contribution < -0.4 is 5.32 Å². The Morgan fingerprint density at radius 2 is 1.90 bits per heavy atom. The smallest absolute Gasteiger partial charge is 0.385 e. The minimum Gasteiger partial charge on any atom is -0.385 e. The van der Waals surface area contributed by atoms with Crippen LogP contribution in [0.3, 0.4) is 0 Å². The first-order valence-corrected chi connectivity index (χ1v) is 6.70. The normalized spacial score (nSPS) is 11.8. The molecule has 108 valence electrons. The minimum atomic E-state index is -4.43. The van der Waals surface area contributed by atoms with Gasteiger partial charge in [-0.15, -0.1) is 0 Å². The van der Waals surface area contributed by atoms with Crippen LogP contribution in [0.2, 0.25) is 0 Å². The molecule has 0 saturated heterocycles. The second kappa shape index (κ2) is 5.69. The fourth-order valence-corrected chi connectivity index (χ4v) is 2.20. The molecule has 0 saturated carbocycles. The van der Waals surface area contributed by atoms with Gasteiger partial charge in [0.15, 0.2) is 0 Å². The maximum Gasteiger partial charge on any atom is 0.433 e. The Morgan fingerprint density at radius 3 is 2.50 bits per heavy atom. The van der Waals surface area contributed by atoms with Crippen molar-refractivity contribution < 1.29 is 13.2 Å². The van der Waals surface area contributed by atoms with E-state index in [4.69, 9.17) is 0 Å². The summed E-state index contributed by atoms with van der Waals surface area (Å²) in [7, 11) is 0. The third-order valence-electron chi connectivity index (χ3n) is 3.07. The maximum absolute atomic E-state index is 12.8. The lowest BCUT2D eigenvalue weighted by Gasteiger charge is -2.13. The predicted octanol–water partition coefficient (Wildman–Crippen LogP) is 4.64. The zero-order chi connectivity index (χ0) is 14.8.